The van der Waals surface area contributed by atoms with Gasteiger partial charge in [-0.25, -0.2) is 4.79 Å². The number of carbonyl (C=O) groups excluding carboxylic acids is 1. The van der Waals surface area contributed by atoms with Crippen molar-refractivity contribution in [3.8, 4) is 5.75 Å². The predicted molar refractivity (Wildman–Crippen MR) is 108 cm³/mol. The highest BCUT2D eigenvalue weighted by molar-refractivity contribution is 7.80. The molecule has 1 N–H and O–H groups in total. The highest BCUT2D eigenvalue weighted by Crippen LogP contribution is 2.31. The molecular weight excluding hydrogens is 360 g/mol. The minimum atomic E-state index is -0.372. The van der Waals surface area contributed by atoms with Crippen LogP contribution in [0, 0.1) is 0 Å². The number of nitrogens with one attached hydrogen (secondary N) is 1. The highest BCUT2D eigenvalue weighted by Gasteiger charge is 2.33. The Bertz CT molecular complexity index is 863. The first-order valence-electron chi connectivity index (χ1n) is 8.61. The Kier molecular flexibility index (Phi) is 5.76. The van der Waals surface area contributed by atoms with E-state index in [0.29, 0.717) is 17.3 Å². The summed E-state index contributed by atoms with van der Waals surface area (Å²) in [7, 11) is 3.21. The van der Waals surface area contributed by atoms with Crippen molar-refractivity contribution in [2.45, 2.75) is 19.6 Å². The van der Waals surface area contributed by atoms with E-state index in [1.807, 2.05) is 68.6 Å². The van der Waals surface area contributed by atoms with E-state index in [1.54, 1.807) is 4.90 Å². The fraction of sp³-hybridized carbons (Fsp3) is 0.238. The van der Waals surface area contributed by atoms with Crippen molar-refractivity contribution in [2.75, 3.05) is 14.2 Å². The van der Waals surface area contributed by atoms with E-state index >= 15 is 0 Å². The third-order valence-corrected chi connectivity index (χ3v) is 5.01. The lowest BCUT2D eigenvalue weighted by Gasteiger charge is -2.35. The molecule has 0 bridgehead atoms. The quantitative estimate of drug-likeness (QED) is 0.630. The number of thiocarbonyl (C=S) groups is 1. The maximum atomic E-state index is 12.3. The van der Waals surface area contributed by atoms with Gasteiger partial charge in [0, 0.05) is 12.7 Å². The maximum absolute atomic E-state index is 12.3. The van der Waals surface area contributed by atoms with Crippen LogP contribution in [0.4, 0.5) is 0 Å². The topological polar surface area (TPSA) is 50.8 Å². The molecule has 0 amide bonds. The van der Waals surface area contributed by atoms with Crippen LogP contribution < -0.4 is 10.1 Å². The third kappa shape index (κ3) is 4.11. The normalized spacial score (nSPS) is 16.8. The second-order valence-electron chi connectivity index (χ2n) is 6.28. The molecule has 0 aromatic heterocycles. The molecule has 2 aromatic rings. The molecule has 2 aromatic carbocycles. The smallest absolute Gasteiger partial charge is 0.337 e. The van der Waals surface area contributed by atoms with Gasteiger partial charge in [-0.3, -0.25) is 0 Å². The van der Waals surface area contributed by atoms with E-state index in [-0.39, 0.29) is 12.0 Å². The van der Waals surface area contributed by atoms with Crippen molar-refractivity contribution >= 4 is 23.3 Å². The van der Waals surface area contributed by atoms with Crippen LogP contribution in [-0.2, 0) is 16.1 Å². The molecule has 1 aliphatic rings. The maximum Gasteiger partial charge on any atom is 0.337 e. The molecule has 3 rings (SSSR count). The van der Waals surface area contributed by atoms with E-state index < -0.39 is 0 Å². The summed E-state index contributed by atoms with van der Waals surface area (Å²) >= 11 is 5.38. The van der Waals surface area contributed by atoms with Gasteiger partial charge in [-0.15, -0.1) is 0 Å². The second kappa shape index (κ2) is 8.22. The van der Waals surface area contributed by atoms with Crippen LogP contribution in [0.3, 0.4) is 0 Å². The van der Waals surface area contributed by atoms with Gasteiger partial charge in [0.25, 0.3) is 0 Å². The lowest BCUT2D eigenvalue weighted by atomic mass is 9.95. The predicted octanol–water partition coefficient (Wildman–Crippen LogP) is 3.57. The molecule has 1 unspecified atom stereocenters. The van der Waals surface area contributed by atoms with E-state index in [4.69, 9.17) is 21.7 Å². The molecule has 1 aliphatic heterocycles. The first-order valence-corrected chi connectivity index (χ1v) is 9.02. The Morgan fingerprint density at radius 1 is 1.15 bits per heavy atom. The van der Waals surface area contributed by atoms with Gasteiger partial charge in [0.2, 0.25) is 0 Å². The number of benzene rings is 2. The SMILES string of the molecule is COC(=O)C1=C(C)N(C)C(=S)NC1c1ccc(OCc2ccccc2)cc1. The first-order chi connectivity index (χ1) is 13.0. The zero-order chi connectivity index (χ0) is 19.4. The molecule has 0 fully saturated rings. The molecule has 0 spiro atoms. The Morgan fingerprint density at radius 3 is 2.44 bits per heavy atom. The highest BCUT2D eigenvalue weighted by atomic mass is 32.1. The van der Waals surface area contributed by atoms with Crippen molar-refractivity contribution in [2.24, 2.45) is 0 Å². The minimum Gasteiger partial charge on any atom is -0.489 e. The number of methoxy groups -OCH3 is 1. The van der Waals surface area contributed by atoms with Crippen LogP contribution in [0.2, 0.25) is 0 Å². The number of allylic oxidation sites excluding steroid dienone is 1. The number of hydrogen-bond donors (Lipinski definition) is 1. The summed E-state index contributed by atoms with van der Waals surface area (Å²) in [4.78, 5) is 14.1. The lowest BCUT2D eigenvalue weighted by molar-refractivity contribution is -0.136. The van der Waals surface area contributed by atoms with Gasteiger partial charge in [0.05, 0.1) is 18.7 Å². The third-order valence-electron chi connectivity index (χ3n) is 4.62. The Labute approximate surface area is 164 Å². The fourth-order valence-electron chi connectivity index (χ4n) is 2.96. The monoisotopic (exact) mass is 382 g/mol. The van der Waals surface area contributed by atoms with Crippen molar-refractivity contribution in [1.82, 2.24) is 10.2 Å². The zero-order valence-corrected chi connectivity index (χ0v) is 16.4. The summed E-state index contributed by atoms with van der Waals surface area (Å²) < 4.78 is 10.8. The first kappa shape index (κ1) is 18.9. The second-order valence-corrected chi connectivity index (χ2v) is 6.66. The van der Waals surface area contributed by atoms with Crippen LogP contribution in [0.25, 0.3) is 0 Å². The van der Waals surface area contributed by atoms with Gasteiger partial charge in [-0.2, -0.15) is 0 Å². The number of carbonyl (C=O) groups is 1. The van der Waals surface area contributed by atoms with Gasteiger partial charge >= 0.3 is 5.97 Å². The van der Waals surface area contributed by atoms with E-state index in [0.717, 1.165) is 22.6 Å². The molecule has 27 heavy (non-hydrogen) atoms. The van der Waals surface area contributed by atoms with Gasteiger partial charge in [0.15, 0.2) is 5.11 Å². The Balaban J connectivity index is 1.80. The molecule has 0 saturated heterocycles. The molecule has 1 heterocycles. The van der Waals surface area contributed by atoms with Gasteiger partial charge in [-0.1, -0.05) is 42.5 Å². The zero-order valence-electron chi connectivity index (χ0n) is 15.6. The van der Waals surface area contributed by atoms with Crippen molar-refractivity contribution < 1.29 is 14.3 Å². The Morgan fingerprint density at radius 2 is 1.81 bits per heavy atom. The van der Waals surface area contributed by atoms with E-state index in [2.05, 4.69) is 5.32 Å². The Hall–Kier alpha value is -2.86. The summed E-state index contributed by atoms with van der Waals surface area (Å²) in [6.07, 6.45) is 0. The summed E-state index contributed by atoms with van der Waals surface area (Å²) in [5.41, 5.74) is 3.35. The number of esters is 1. The van der Waals surface area contributed by atoms with Crippen molar-refractivity contribution in [3.05, 3.63) is 77.0 Å². The average molecular weight is 382 g/mol. The van der Waals surface area contributed by atoms with Crippen LogP contribution >= 0.6 is 12.2 Å². The summed E-state index contributed by atoms with van der Waals surface area (Å²) in [6.45, 7) is 2.37. The molecule has 0 radical (unpaired) electrons. The largest absolute Gasteiger partial charge is 0.489 e. The standard InChI is InChI=1S/C21H22N2O3S/c1-14-18(20(24)25-3)19(22-21(27)23(14)2)16-9-11-17(12-10-16)26-13-15-7-5-4-6-8-15/h4-12,19H,13H2,1-3H3,(H,22,27). The average Bonchev–Trinajstić information content (AvgIpc) is 2.71. The molecular formula is C21H22N2O3S. The molecule has 140 valence electrons. The fourth-order valence-corrected chi connectivity index (χ4v) is 3.21. The lowest BCUT2D eigenvalue weighted by Crippen LogP contribution is -2.46. The number of ether oxygens (including phenoxy) is 2. The molecule has 5 nitrogen and oxygen atoms in total. The number of nitrogens with zero attached hydrogens (tertiary/aromatic N) is 1. The molecule has 0 saturated carbocycles. The molecule has 6 heteroatoms. The summed E-state index contributed by atoms with van der Waals surface area (Å²) in [5, 5.41) is 3.78. The minimum absolute atomic E-state index is 0.357. The number of hydrogen-bond acceptors (Lipinski definition) is 4. The van der Waals surface area contributed by atoms with Crippen LogP contribution in [0.15, 0.2) is 65.9 Å². The summed E-state index contributed by atoms with van der Waals surface area (Å²) in [6, 6.07) is 17.3. The van der Waals surface area contributed by atoms with Crippen LogP contribution in [0.1, 0.15) is 24.1 Å². The van der Waals surface area contributed by atoms with E-state index in [1.165, 1.54) is 7.11 Å². The van der Waals surface area contributed by atoms with Crippen LogP contribution in [0.5, 0.6) is 5.75 Å². The molecule has 0 aliphatic carbocycles. The van der Waals surface area contributed by atoms with Crippen LogP contribution in [-0.4, -0.2) is 30.1 Å². The van der Waals surface area contributed by atoms with Gasteiger partial charge < -0.3 is 19.7 Å². The van der Waals surface area contributed by atoms with Crippen molar-refractivity contribution in [1.29, 1.82) is 0 Å². The van der Waals surface area contributed by atoms with Gasteiger partial charge in [-0.05, 0) is 42.4 Å². The van der Waals surface area contributed by atoms with E-state index in [9.17, 15) is 4.79 Å². The van der Waals surface area contributed by atoms with Crippen molar-refractivity contribution in [3.63, 3.8) is 0 Å². The number of rotatable bonds is 5. The van der Waals surface area contributed by atoms with Gasteiger partial charge in [0.1, 0.15) is 12.4 Å². The molecule has 1 atom stereocenters. The summed E-state index contributed by atoms with van der Waals surface area (Å²) in [5.74, 6) is 0.391.